The van der Waals surface area contributed by atoms with Crippen LogP contribution in [0.15, 0.2) is 15.9 Å². The molecular weight excluding hydrogens is 252 g/mol. The number of rotatable bonds is 2. The highest BCUT2D eigenvalue weighted by Crippen LogP contribution is 2.47. The smallest absolute Gasteiger partial charge is 0.307 e. The van der Waals surface area contributed by atoms with Crippen molar-refractivity contribution in [2.24, 2.45) is 5.92 Å². The third kappa shape index (κ3) is 1.53. The first kappa shape index (κ1) is 9.21. The van der Waals surface area contributed by atoms with Gasteiger partial charge in [-0.1, -0.05) is 0 Å². The Morgan fingerprint density at radius 1 is 1.62 bits per heavy atom. The molecule has 0 amide bonds. The Morgan fingerprint density at radius 2 is 2.38 bits per heavy atom. The van der Waals surface area contributed by atoms with Crippen molar-refractivity contribution in [1.82, 2.24) is 0 Å². The van der Waals surface area contributed by atoms with Crippen LogP contribution in [0.2, 0.25) is 0 Å². The lowest BCUT2D eigenvalue weighted by Crippen LogP contribution is -2.30. The zero-order chi connectivity index (χ0) is 9.42. The van der Waals surface area contributed by atoms with Gasteiger partial charge in [0.25, 0.3) is 0 Å². The minimum absolute atomic E-state index is 0.157. The molecule has 1 aromatic rings. The molecule has 1 N–H and O–H groups in total. The van der Waals surface area contributed by atoms with Crippen molar-refractivity contribution in [2.45, 2.75) is 18.8 Å². The molecule has 1 heterocycles. The minimum atomic E-state index is -0.656. The molecule has 0 saturated heterocycles. The molecule has 1 saturated carbocycles. The summed E-state index contributed by atoms with van der Waals surface area (Å²) < 4.78 is 1.06. The Labute approximate surface area is 88.7 Å². The lowest BCUT2D eigenvalue weighted by atomic mass is 9.73. The molecule has 1 aliphatic rings. The average molecular weight is 261 g/mol. The standard InChI is InChI=1S/C9H9BrO2S/c10-7-3-4-13-8(7)5-1-2-6(5)9(11)12/h3-6H,1-2H2,(H,11,12). The molecule has 0 bridgehead atoms. The predicted octanol–water partition coefficient (Wildman–Crippen LogP) is 3.09. The number of aliphatic carboxylic acids is 1. The highest BCUT2D eigenvalue weighted by atomic mass is 79.9. The third-order valence-electron chi connectivity index (χ3n) is 2.57. The first-order chi connectivity index (χ1) is 6.20. The molecule has 0 aliphatic heterocycles. The fourth-order valence-electron chi connectivity index (χ4n) is 1.68. The van der Waals surface area contributed by atoms with Gasteiger partial charge in [0, 0.05) is 15.3 Å². The van der Waals surface area contributed by atoms with Gasteiger partial charge in [-0.25, -0.2) is 0 Å². The van der Waals surface area contributed by atoms with Crippen molar-refractivity contribution in [3.05, 3.63) is 20.8 Å². The SMILES string of the molecule is O=C(O)C1CCC1c1sccc1Br. The van der Waals surface area contributed by atoms with Crippen LogP contribution < -0.4 is 0 Å². The predicted molar refractivity (Wildman–Crippen MR) is 55.1 cm³/mol. The van der Waals surface area contributed by atoms with Gasteiger partial charge in [0.2, 0.25) is 0 Å². The Kier molecular flexibility index (Phi) is 2.43. The summed E-state index contributed by atoms with van der Waals surface area (Å²) in [4.78, 5) is 12.0. The monoisotopic (exact) mass is 260 g/mol. The maximum atomic E-state index is 10.8. The summed E-state index contributed by atoms with van der Waals surface area (Å²) in [6.07, 6.45) is 1.83. The molecule has 4 heteroatoms. The van der Waals surface area contributed by atoms with E-state index in [1.54, 1.807) is 11.3 Å². The van der Waals surface area contributed by atoms with Gasteiger partial charge >= 0.3 is 5.97 Å². The second kappa shape index (κ2) is 3.42. The van der Waals surface area contributed by atoms with Crippen LogP contribution in [0.4, 0.5) is 0 Å². The zero-order valence-electron chi connectivity index (χ0n) is 6.87. The van der Waals surface area contributed by atoms with Gasteiger partial charge in [-0.15, -0.1) is 11.3 Å². The molecule has 0 spiro atoms. The summed E-state index contributed by atoms with van der Waals surface area (Å²) in [5, 5.41) is 10.9. The Balaban J connectivity index is 2.19. The summed E-state index contributed by atoms with van der Waals surface area (Å²) in [7, 11) is 0. The molecule has 0 radical (unpaired) electrons. The number of carboxylic acid groups (broad SMARTS) is 1. The van der Waals surface area contributed by atoms with Gasteiger partial charge in [-0.05, 0) is 40.2 Å². The second-order valence-electron chi connectivity index (χ2n) is 3.26. The van der Waals surface area contributed by atoms with Crippen molar-refractivity contribution in [3.63, 3.8) is 0 Å². The van der Waals surface area contributed by atoms with Crippen molar-refractivity contribution in [1.29, 1.82) is 0 Å². The highest BCUT2D eigenvalue weighted by Gasteiger charge is 2.38. The van der Waals surface area contributed by atoms with Gasteiger partial charge in [0.15, 0.2) is 0 Å². The van der Waals surface area contributed by atoms with Gasteiger partial charge in [-0.2, -0.15) is 0 Å². The molecule has 1 aromatic heterocycles. The molecule has 1 fully saturated rings. The lowest BCUT2D eigenvalue weighted by molar-refractivity contribution is -0.145. The van der Waals surface area contributed by atoms with Crippen LogP contribution in [0.1, 0.15) is 23.6 Å². The summed E-state index contributed by atoms with van der Waals surface area (Å²) >= 11 is 5.08. The molecule has 13 heavy (non-hydrogen) atoms. The van der Waals surface area contributed by atoms with E-state index in [1.807, 2.05) is 11.4 Å². The van der Waals surface area contributed by atoms with Gasteiger partial charge in [0.05, 0.1) is 5.92 Å². The number of carbonyl (C=O) groups is 1. The van der Waals surface area contributed by atoms with E-state index in [-0.39, 0.29) is 11.8 Å². The topological polar surface area (TPSA) is 37.3 Å². The van der Waals surface area contributed by atoms with Crippen LogP contribution >= 0.6 is 27.3 Å². The second-order valence-corrected chi connectivity index (χ2v) is 5.06. The minimum Gasteiger partial charge on any atom is -0.481 e. The molecule has 2 nitrogen and oxygen atoms in total. The van der Waals surface area contributed by atoms with E-state index in [0.29, 0.717) is 0 Å². The summed E-state index contributed by atoms with van der Waals surface area (Å²) in [6.45, 7) is 0. The van der Waals surface area contributed by atoms with Crippen molar-refractivity contribution in [2.75, 3.05) is 0 Å². The zero-order valence-corrected chi connectivity index (χ0v) is 9.27. The van der Waals surface area contributed by atoms with Gasteiger partial charge in [0.1, 0.15) is 0 Å². The number of carboxylic acids is 1. The van der Waals surface area contributed by atoms with Crippen LogP contribution in [-0.2, 0) is 4.79 Å². The van der Waals surface area contributed by atoms with E-state index in [0.717, 1.165) is 17.3 Å². The third-order valence-corrected chi connectivity index (χ3v) is 4.58. The summed E-state index contributed by atoms with van der Waals surface area (Å²) in [5.41, 5.74) is 0. The number of thiophene rings is 1. The van der Waals surface area contributed by atoms with E-state index in [2.05, 4.69) is 15.9 Å². The number of hydrogen-bond acceptors (Lipinski definition) is 2. The van der Waals surface area contributed by atoms with E-state index in [4.69, 9.17) is 5.11 Å². The largest absolute Gasteiger partial charge is 0.481 e. The molecule has 1 aliphatic carbocycles. The molecule has 70 valence electrons. The van der Waals surface area contributed by atoms with Crippen LogP contribution in [-0.4, -0.2) is 11.1 Å². The van der Waals surface area contributed by atoms with Crippen LogP contribution in [0, 0.1) is 5.92 Å². The van der Waals surface area contributed by atoms with E-state index < -0.39 is 5.97 Å². The normalized spacial score (nSPS) is 26.8. The highest BCUT2D eigenvalue weighted by molar-refractivity contribution is 9.10. The molecule has 0 aromatic carbocycles. The first-order valence-corrected chi connectivity index (χ1v) is 5.83. The first-order valence-electron chi connectivity index (χ1n) is 4.16. The Bertz CT molecular complexity index is 334. The van der Waals surface area contributed by atoms with Crippen LogP contribution in [0.5, 0.6) is 0 Å². The quantitative estimate of drug-likeness (QED) is 0.888. The lowest BCUT2D eigenvalue weighted by Gasteiger charge is -2.32. The van der Waals surface area contributed by atoms with Crippen molar-refractivity contribution >= 4 is 33.2 Å². The summed E-state index contributed by atoms with van der Waals surface area (Å²) in [5.74, 6) is -0.571. The molecular formula is C9H9BrO2S. The summed E-state index contributed by atoms with van der Waals surface area (Å²) in [6, 6.07) is 1.98. The molecule has 2 rings (SSSR count). The van der Waals surface area contributed by atoms with E-state index in [9.17, 15) is 4.79 Å². The van der Waals surface area contributed by atoms with Crippen LogP contribution in [0.3, 0.4) is 0 Å². The molecule has 2 unspecified atom stereocenters. The van der Waals surface area contributed by atoms with Gasteiger partial charge < -0.3 is 5.11 Å². The van der Waals surface area contributed by atoms with Crippen LogP contribution in [0.25, 0.3) is 0 Å². The van der Waals surface area contributed by atoms with E-state index in [1.165, 1.54) is 4.88 Å². The Hall–Kier alpha value is -0.350. The van der Waals surface area contributed by atoms with Crippen molar-refractivity contribution < 1.29 is 9.90 Å². The number of halogens is 1. The maximum absolute atomic E-state index is 10.8. The average Bonchev–Trinajstić information content (AvgIpc) is 2.33. The van der Waals surface area contributed by atoms with Crippen molar-refractivity contribution in [3.8, 4) is 0 Å². The Morgan fingerprint density at radius 3 is 2.77 bits per heavy atom. The maximum Gasteiger partial charge on any atom is 0.307 e. The molecule has 2 atom stereocenters. The number of hydrogen-bond donors (Lipinski definition) is 1. The van der Waals surface area contributed by atoms with E-state index >= 15 is 0 Å². The fraction of sp³-hybridized carbons (Fsp3) is 0.444. The van der Waals surface area contributed by atoms with Gasteiger partial charge in [-0.3, -0.25) is 4.79 Å². The fourth-order valence-corrected chi connectivity index (χ4v) is 3.55.